The largest absolute Gasteiger partial charge is 0.484 e. The van der Waals surface area contributed by atoms with Gasteiger partial charge in [0.05, 0.1) is 0 Å². The third-order valence-corrected chi connectivity index (χ3v) is 4.57. The number of hydrogen-bond acceptors (Lipinski definition) is 4. The van der Waals surface area contributed by atoms with Crippen molar-refractivity contribution in [3.8, 4) is 5.75 Å². The molecule has 0 unspecified atom stereocenters. The highest BCUT2D eigenvalue weighted by Gasteiger charge is 2.28. The normalized spacial score (nSPS) is 14.0. The van der Waals surface area contributed by atoms with E-state index in [-0.39, 0.29) is 18.1 Å². The summed E-state index contributed by atoms with van der Waals surface area (Å²) in [7, 11) is 0. The molecule has 1 aliphatic carbocycles. The Labute approximate surface area is 157 Å². The van der Waals surface area contributed by atoms with E-state index in [0.717, 1.165) is 20.8 Å². The SMILES string of the molecule is O=C(COc1cccc(Br)c1)NN=C1C(=O)c2cccc3cccc1c23. The Bertz CT molecular complexity index is 1070. The Morgan fingerprint density at radius 1 is 1.04 bits per heavy atom. The first kappa shape index (κ1) is 16.5. The van der Waals surface area contributed by atoms with Crippen LogP contribution in [0.3, 0.4) is 0 Å². The van der Waals surface area contributed by atoms with Crippen LogP contribution in [-0.4, -0.2) is 24.0 Å². The molecule has 0 fully saturated rings. The molecule has 0 saturated carbocycles. The van der Waals surface area contributed by atoms with Gasteiger partial charge in [-0.15, -0.1) is 0 Å². The van der Waals surface area contributed by atoms with Crippen molar-refractivity contribution >= 4 is 44.1 Å². The highest BCUT2D eigenvalue weighted by atomic mass is 79.9. The van der Waals surface area contributed by atoms with Crippen LogP contribution >= 0.6 is 15.9 Å². The molecule has 0 spiro atoms. The van der Waals surface area contributed by atoms with Crippen LogP contribution in [0.4, 0.5) is 0 Å². The number of rotatable bonds is 4. The third kappa shape index (κ3) is 2.99. The molecule has 0 atom stereocenters. The number of carbonyl (C=O) groups excluding carboxylic acids is 2. The van der Waals surface area contributed by atoms with E-state index >= 15 is 0 Å². The standard InChI is InChI=1S/C20H13BrN2O3/c21-13-6-3-7-14(10-13)26-11-17(24)22-23-19-15-8-1-4-12-5-2-9-16(18(12)15)20(19)25/h1-10H,11H2,(H,22,24). The summed E-state index contributed by atoms with van der Waals surface area (Å²) in [6.07, 6.45) is 0. The predicted molar refractivity (Wildman–Crippen MR) is 103 cm³/mol. The molecule has 5 nitrogen and oxygen atoms in total. The maximum absolute atomic E-state index is 12.6. The number of nitrogens with one attached hydrogen (secondary N) is 1. The molecule has 6 heteroatoms. The number of ketones is 1. The van der Waals surface area contributed by atoms with Crippen LogP contribution in [0.15, 0.2) is 70.2 Å². The van der Waals surface area contributed by atoms with Crippen molar-refractivity contribution in [1.82, 2.24) is 5.43 Å². The zero-order valence-electron chi connectivity index (χ0n) is 13.5. The first-order valence-electron chi connectivity index (χ1n) is 7.95. The highest BCUT2D eigenvalue weighted by Crippen LogP contribution is 2.30. The van der Waals surface area contributed by atoms with E-state index in [1.165, 1.54) is 0 Å². The Kier molecular flexibility index (Phi) is 4.26. The lowest BCUT2D eigenvalue weighted by molar-refractivity contribution is -0.123. The predicted octanol–water partition coefficient (Wildman–Crippen LogP) is 3.70. The highest BCUT2D eigenvalue weighted by molar-refractivity contribution is 9.10. The van der Waals surface area contributed by atoms with E-state index in [9.17, 15) is 9.59 Å². The Balaban J connectivity index is 1.50. The van der Waals surface area contributed by atoms with E-state index in [4.69, 9.17) is 4.74 Å². The zero-order chi connectivity index (χ0) is 18.1. The fraction of sp³-hybridized carbons (Fsp3) is 0.0500. The van der Waals surface area contributed by atoms with Gasteiger partial charge < -0.3 is 4.74 Å². The fourth-order valence-electron chi connectivity index (χ4n) is 2.94. The van der Waals surface area contributed by atoms with Crippen molar-refractivity contribution < 1.29 is 14.3 Å². The molecule has 0 bridgehead atoms. The second-order valence-corrected chi connectivity index (χ2v) is 6.70. The summed E-state index contributed by atoms with van der Waals surface area (Å²) in [5, 5.41) is 5.90. The van der Waals surface area contributed by atoms with Crippen molar-refractivity contribution in [2.45, 2.75) is 0 Å². The van der Waals surface area contributed by atoms with Gasteiger partial charge in [-0.25, -0.2) is 5.43 Å². The molecular formula is C20H13BrN2O3. The Morgan fingerprint density at radius 2 is 1.77 bits per heavy atom. The van der Waals surface area contributed by atoms with Gasteiger partial charge in [0.2, 0.25) is 5.78 Å². The summed E-state index contributed by atoms with van der Waals surface area (Å²) in [5.41, 5.74) is 3.99. The quantitative estimate of drug-likeness (QED) is 0.669. The van der Waals surface area contributed by atoms with Crippen LogP contribution < -0.4 is 10.2 Å². The van der Waals surface area contributed by atoms with Crippen LogP contribution in [0.25, 0.3) is 10.8 Å². The van der Waals surface area contributed by atoms with E-state index in [2.05, 4.69) is 26.5 Å². The van der Waals surface area contributed by atoms with E-state index < -0.39 is 5.91 Å². The first-order valence-corrected chi connectivity index (χ1v) is 8.74. The topological polar surface area (TPSA) is 67.8 Å². The van der Waals surface area contributed by atoms with Crippen molar-refractivity contribution in [3.63, 3.8) is 0 Å². The molecule has 0 saturated heterocycles. The number of nitrogens with zero attached hydrogens (tertiary/aromatic N) is 1. The lowest BCUT2D eigenvalue weighted by atomic mass is 10.1. The van der Waals surface area contributed by atoms with E-state index in [1.54, 1.807) is 18.2 Å². The van der Waals surface area contributed by atoms with E-state index in [1.807, 2.05) is 42.5 Å². The van der Waals surface area contributed by atoms with Gasteiger partial charge >= 0.3 is 0 Å². The summed E-state index contributed by atoms with van der Waals surface area (Å²) in [6, 6.07) is 18.4. The Morgan fingerprint density at radius 3 is 2.54 bits per heavy atom. The zero-order valence-corrected chi connectivity index (χ0v) is 15.1. The lowest BCUT2D eigenvalue weighted by Gasteiger charge is -2.05. The molecule has 1 N–H and O–H groups in total. The number of Topliss-reactive ketones (excluding diaryl/α,β-unsaturated/α-hetero) is 1. The number of benzene rings is 3. The van der Waals surface area contributed by atoms with Crippen LogP contribution in [0.5, 0.6) is 5.75 Å². The number of hydrogen-bond donors (Lipinski definition) is 1. The van der Waals surface area contributed by atoms with Crippen molar-refractivity contribution in [3.05, 3.63) is 76.3 Å². The number of hydrazone groups is 1. The number of amides is 1. The molecule has 0 aliphatic heterocycles. The molecule has 3 aromatic rings. The number of ether oxygens (including phenoxy) is 1. The van der Waals surface area contributed by atoms with Crippen LogP contribution in [0.2, 0.25) is 0 Å². The van der Waals surface area contributed by atoms with Gasteiger partial charge in [-0.2, -0.15) is 5.10 Å². The van der Waals surface area contributed by atoms with E-state index in [0.29, 0.717) is 11.3 Å². The average molecular weight is 409 g/mol. The molecule has 1 amide bonds. The minimum Gasteiger partial charge on any atom is -0.484 e. The smallest absolute Gasteiger partial charge is 0.277 e. The molecule has 0 heterocycles. The molecule has 1 aliphatic rings. The van der Waals surface area contributed by atoms with Crippen LogP contribution in [-0.2, 0) is 4.79 Å². The second-order valence-electron chi connectivity index (χ2n) is 5.78. The second kappa shape index (κ2) is 6.72. The van der Waals surface area contributed by atoms with Gasteiger partial charge in [-0.05, 0) is 23.6 Å². The molecular weight excluding hydrogens is 396 g/mol. The van der Waals surface area contributed by atoms with Gasteiger partial charge in [0.25, 0.3) is 5.91 Å². The number of carbonyl (C=O) groups is 2. The maximum atomic E-state index is 12.6. The Hall–Kier alpha value is -2.99. The van der Waals surface area contributed by atoms with Crippen molar-refractivity contribution in [1.29, 1.82) is 0 Å². The summed E-state index contributed by atoms with van der Waals surface area (Å²) >= 11 is 3.34. The molecule has 3 aromatic carbocycles. The van der Waals surface area contributed by atoms with Gasteiger partial charge in [0, 0.05) is 21.0 Å². The van der Waals surface area contributed by atoms with Gasteiger partial charge in [-0.1, -0.05) is 58.4 Å². The summed E-state index contributed by atoms with van der Waals surface area (Å²) in [6.45, 7) is -0.196. The minimum atomic E-state index is -0.437. The van der Waals surface area contributed by atoms with Crippen LogP contribution in [0.1, 0.15) is 15.9 Å². The summed E-state index contributed by atoms with van der Waals surface area (Å²) in [5.74, 6) is -0.0605. The summed E-state index contributed by atoms with van der Waals surface area (Å²) in [4.78, 5) is 24.6. The molecule has 0 aromatic heterocycles. The fourth-order valence-corrected chi connectivity index (χ4v) is 3.32. The molecule has 26 heavy (non-hydrogen) atoms. The van der Waals surface area contributed by atoms with Crippen molar-refractivity contribution in [2.75, 3.05) is 6.61 Å². The van der Waals surface area contributed by atoms with Gasteiger partial charge in [0.1, 0.15) is 11.5 Å². The van der Waals surface area contributed by atoms with Gasteiger partial charge in [0.15, 0.2) is 6.61 Å². The third-order valence-electron chi connectivity index (χ3n) is 4.08. The summed E-state index contributed by atoms with van der Waals surface area (Å²) < 4.78 is 6.27. The number of halogens is 1. The molecule has 0 radical (unpaired) electrons. The molecule has 4 rings (SSSR count). The average Bonchev–Trinajstić information content (AvgIpc) is 2.92. The monoisotopic (exact) mass is 408 g/mol. The lowest BCUT2D eigenvalue weighted by Crippen LogP contribution is -2.27. The first-order chi connectivity index (χ1) is 12.6. The van der Waals surface area contributed by atoms with Gasteiger partial charge in [-0.3, -0.25) is 9.59 Å². The molecule has 128 valence electrons. The maximum Gasteiger partial charge on any atom is 0.277 e. The minimum absolute atomic E-state index is 0.190. The van der Waals surface area contributed by atoms with Crippen LogP contribution in [0, 0.1) is 0 Å². The van der Waals surface area contributed by atoms with Crippen molar-refractivity contribution in [2.24, 2.45) is 5.10 Å².